The number of fused-ring (bicyclic) bond motifs is 1. The number of hydrogen-bond donors (Lipinski definition) is 2. The first-order valence-electron chi connectivity index (χ1n) is 10.8. The minimum atomic E-state index is -0.174. The summed E-state index contributed by atoms with van der Waals surface area (Å²) in [6.45, 7) is 3.71. The highest BCUT2D eigenvalue weighted by molar-refractivity contribution is 5.98. The molecule has 2 N–H and O–H groups in total. The molecule has 0 saturated carbocycles. The molecule has 1 atom stereocenters. The number of anilines is 1. The lowest BCUT2D eigenvalue weighted by Crippen LogP contribution is -2.27. The molecule has 0 aromatic heterocycles. The molecule has 0 bridgehead atoms. The van der Waals surface area contributed by atoms with E-state index in [9.17, 15) is 14.4 Å². The van der Waals surface area contributed by atoms with Crippen molar-refractivity contribution in [1.29, 1.82) is 0 Å². The SMILES string of the molecule is CCC(=O)Nc1ccc(C(C)NC(=O)CCC(=O)c2ccc3c(c2)CCCC3)cc1. The number of carbonyl (C=O) groups excluding carboxylic acids is 3. The summed E-state index contributed by atoms with van der Waals surface area (Å²) in [4.78, 5) is 36.3. The maximum absolute atomic E-state index is 12.5. The summed E-state index contributed by atoms with van der Waals surface area (Å²) in [7, 11) is 0. The topological polar surface area (TPSA) is 75.3 Å². The van der Waals surface area contributed by atoms with Gasteiger partial charge < -0.3 is 10.6 Å². The Labute approximate surface area is 178 Å². The van der Waals surface area contributed by atoms with Crippen molar-refractivity contribution < 1.29 is 14.4 Å². The van der Waals surface area contributed by atoms with Gasteiger partial charge in [0, 0.05) is 30.5 Å². The zero-order valence-corrected chi connectivity index (χ0v) is 17.8. The van der Waals surface area contributed by atoms with E-state index in [2.05, 4.69) is 16.7 Å². The fourth-order valence-electron chi connectivity index (χ4n) is 3.78. The highest BCUT2D eigenvalue weighted by atomic mass is 16.2. The molecule has 0 fully saturated rings. The predicted molar refractivity (Wildman–Crippen MR) is 119 cm³/mol. The van der Waals surface area contributed by atoms with Gasteiger partial charge in [0.05, 0.1) is 6.04 Å². The molecule has 158 valence electrons. The molecule has 1 aliphatic rings. The van der Waals surface area contributed by atoms with Crippen LogP contribution in [0.1, 0.15) is 79.0 Å². The molecule has 1 unspecified atom stereocenters. The van der Waals surface area contributed by atoms with Crippen molar-refractivity contribution in [1.82, 2.24) is 5.32 Å². The second-order valence-corrected chi connectivity index (χ2v) is 7.93. The van der Waals surface area contributed by atoms with Crippen molar-refractivity contribution in [3.63, 3.8) is 0 Å². The molecule has 0 spiro atoms. The number of Topliss-reactive ketones (excluding diaryl/α,β-unsaturated/α-hetero) is 1. The van der Waals surface area contributed by atoms with Crippen molar-refractivity contribution in [3.05, 3.63) is 64.7 Å². The molecule has 5 nitrogen and oxygen atoms in total. The number of aryl methyl sites for hydroxylation is 2. The molecule has 0 radical (unpaired) electrons. The van der Waals surface area contributed by atoms with Gasteiger partial charge in [-0.15, -0.1) is 0 Å². The fourth-order valence-corrected chi connectivity index (χ4v) is 3.78. The van der Waals surface area contributed by atoms with Gasteiger partial charge in [0.1, 0.15) is 0 Å². The molecule has 0 heterocycles. The first kappa shape index (κ1) is 21.8. The van der Waals surface area contributed by atoms with E-state index in [0.29, 0.717) is 12.0 Å². The molecule has 5 heteroatoms. The molecule has 0 aliphatic heterocycles. The summed E-state index contributed by atoms with van der Waals surface area (Å²) in [6, 6.07) is 13.2. The Bertz CT molecular complexity index is 918. The summed E-state index contributed by atoms with van der Waals surface area (Å²) in [5.74, 6) is -0.160. The van der Waals surface area contributed by atoms with Gasteiger partial charge >= 0.3 is 0 Å². The van der Waals surface area contributed by atoms with Crippen LogP contribution in [0.25, 0.3) is 0 Å². The number of hydrogen-bond acceptors (Lipinski definition) is 3. The van der Waals surface area contributed by atoms with Crippen LogP contribution in [0.2, 0.25) is 0 Å². The van der Waals surface area contributed by atoms with Crippen LogP contribution < -0.4 is 10.6 Å². The van der Waals surface area contributed by atoms with Gasteiger partial charge in [-0.2, -0.15) is 0 Å². The molecule has 1 aliphatic carbocycles. The number of ketones is 1. The van der Waals surface area contributed by atoms with Gasteiger partial charge in [0.25, 0.3) is 0 Å². The summed E-state index contributed by atoms with van der Waals surface area (Å²) < 4.78 is 0. The Morgan fingerprint density at radius 2 is 1.60 bits per heavy atom. The van der Waals surface area contributed by atoms with Gasteiger partial charge in [0.2, 0.25) is 11.8 Å². The lowest BCUT2D eigenvalue weighted by Gasteiger charge is -2.16. The molecule has 0 saturated heterocycles. The first-order valence-corrected chi connectivity index (χ1v) is 10.8. The minimum Gasteiger partial charge on any atom is -0.350 e. The fraction of sp³-hybridized carbons (Fsp3) is 0.400. The van der Waals surface area contributed by atoms with Crippen LogP contribution in [0.4, 0.5) is 5.69 Å². The Kier molecular flexibility index (Phi) is 7.39. The highest BCUT2D eigenvalue weighted by Crippen LogP contribution is 2.23. The monoisotopic (exact) mass is 406 g/mol. The Hall–Kier alpha value is -2.95. The smallest absolute Gasteiger partial charge is 0.224 e. The number of nitrogens with one attached hydrogen (secondary N) is 2. The lowest BCUT2D eigenvalue weighted by molar-refractivity contribution is -0.121. The van der Waals surface area contributed by atoms with Gasteiger partial charge in [-0.05, 0) is 67.5 Å². The normalized spacial score (nSPS) is 13.8. The van der Waals surface area contributed by atoms with E-state index in [4.69, 9.17) is 0 Å². The van der Waals surface area contributed by atoms with Crippen molar-refractivity contribution >= 4 is 23.3 Å². The number of rotatable bonds is 8. The Balaban J connectivity index is 1.49. The predicted octanol–water partition coefficient (Wildman–Crippen LogP) is 4.75. The van der Waals surface area contributed by atoms with Gasteiger partial charge in [-0.25, -0.2) is 0 Å². The second-order valence-electron chi connectivity index (χ2n) is 7.93. The largest absolute Gasteiger partial charge is 0.350 e. The number of amides is 2. The molecular formula is C25H30N2O3. The standard InChI is InChI=1S/C25H30N2O3/c1-3-24(29)27-22-12-10-18(11-13-22)17(2)26-25(30)15-14-23(28)21-9-8-19-6-4-5-7-20(19)16-21/h8-13,16-17H,3-7,14-15H2,1-2H3,(H,26,30)(H,27,29). The third kappa shape index (κ3) is 5.78. The molecule has 2 aromatic carbocycles. The van der Waals surface area contributed by atoms with Crippen molar-refractivity contribution in [2.75, 3.05) is 5.32 Å². The zero-order chi connectivity index (χ0) is 21.5. The average molecular weight is 407 g/mol. The molecule has 3 rings (SSSR count). The van der Waals surface area contributed by atoms with Crippen molar-refractivity contribution in [2.24, 2.45) is 0 Å². The van der Waals surface area contributed by atoms with E-state index in [-0.39, 0.29) is 36.5 Å². The van der Waals surface area contributed by atoms with Gasteiger partial charge in [-0.1, -0.05) is 31.2 Å². The van der Waals surface area contributed by atoms with E-state index in [1.807, 2.05) is 43.3 Å². The minimum absolute atomic E-state index is 0.0159. The Morgan fingerprint density at radius 3 is 2.30 bits per heavy atom. The second kappa shape index (κ2) is 10.2. The van der Waals surface area contributed by atoms with E-state index >= 15 is 0 Å². The van der Waals surface area contributed by atoms with Crippen LogP contribution >= 0.6 is 0 Å². The van der Waals surface area contributed by atoms with E-state index < -0.39 is 0 Å². The van der Waals surface area contributed by atoms with Crippen LogP contribution in [0.5, 0.6) is 0 Å². The van der Waals surface area contributed by atoms with Crippen LogP contribution in [0.3, 0.4) is 0 Å². The average Bonchev–Trinajstić information content (AvgIpc) is 2.77. The summed E-state index contributed by atoms with van der Waals surface area (Å²) in [5, 5.41) is 5.75. The van der Waals surface area contributed by atoms with Crippen molar-refractivity contribution in [2.45, 2.75) is 64.8 Å². The molecule has 2 amide bonds. The first-order chi connectivity index (χ1) is 14.5. The number of benzene rings is 2. The maximum atomic E-state index is 12.5. The van der Waals surface area contributed by atoms with Crippen LogP contribution in [0, 0.1) is 0 Å². The molecule has 30 heavy (non-hydrogen) atoms. The van der Waals surface area contributed by atoms with E-state index in [0.717, 1.165) is 24.1 Å². The van der Waals surface area contributed by atoms with E-state index in [1.54, 1.807) is 6.92 Å². The van der Waals surface area contributed by atoms with Crippen LogP contribution in [0.15, 0.2) is 42.5 Å². The lowest BCUT2D eigenvalue weighted by atomic mass is 9.89. The van der Waals surface area contributed by atoms with E-state index in [1.165, 1.54) is 24.0 Å². The number of carbonyl (C=O) groups is 3. The van der Waals surface area contributed by atoms with Crippen LogP contribution in [-0.4, -0.2) is 17.6 Å². The van der Waals surface area contributed by atoms with Crippen LogP contribution in [-0.2, 0) is 22.4 Å². The van der Waals surface area contributed by atoms with Gasteiger partial charge in [0.15, 0.2) is 5.78 Å². The van der Waals surface area contributed by atoms with Crippen molar-refractivity contribution in [3.8, 4) is 0 Å². The summed E-state index contributed by atoms with van der Waals surface area (Å²) in [6.07, 6.45) is 5.33. The summed E-state index contributed by atoms with van der Waals surface area (Å²) in [5.41, 5.74) is 5.02. The molecular weight excluding hydrogens is 376 g/mol. The zero-order valence-electron chi connectivity index (χ0n) is 17.8. The molecule has 2 aromatic rings. The van der Waals surface area contributed by atoms with Gasteiger partial charge in [-0.3, -0.25) is 14.4 Å². The third-order valence-corrected chi connectivity index (χ3v) is 5.64. The maximum Gasteiger partial charge on any atom is 0.224 e. The highest BCUT2D eigenvalue weighted by Gasteiger charge is 2.15. The summed E-state index contributed by atoms with van der Waals surface area (Å²) >= 11 is 0. The Morgan fingerprint density at radius 1 is 0.900 bits per heavy atom. The third-order valence-electron chi connectivity index (χ3n) is 5.64. The quantitative estimate of drug-likeness (QED) is 0.621.